The van der Waals surface area contributed by atoms with Gasteiger partial charge in [-0.2, -0.15) is 0 Å². The van der Waals surface area contributed by atoms with Gasteiger partial charge < -0.3 is 14.2 Å². The molecule has 454 valence electrons. The van der Waals surface area contributed by atoms with E-state index in [4.69, 9.17) is 14.2 Å². The number of ether oxygens (including phenoxy) is 3. The van der Waals surface area contributed by atoms with Crippen molar-refractivity contribution in [2.24, 2.45) is 0 Å². The molecule has 0 aliphatic carbocycles. The number of carbonyl (C=O) groups is 3. The van der Waals surface area contributed by atoms with Crippen LogP contribution in [0.2, 0.25) is 0 Å². The van der Waals surface area contributed by atoms with Crippen LogP contribution in [0.3, 0.4) is 0 Å². The molecule has 0 amide bonds. The molecule has 1 unspecified atom stereocenters. The molecule has 0 heterocycles. The van der Waals surface area contributed by atoms with Crippen LogP contribution in [-0.2, 0) is 28.6 Å². The molecule has 0 radical (unpaired) electrons. The molecule has 0 aliphatic rings. The van der Waals surface area contributed by atoms with Crippen molar-refractivity contribution in [3.63, 3.8) is 0 Å². The molecule has 0 aliphatic heterocycles. The summed E-state index contributed by atoms with van der Waals surface area (Å²) in [7, 11) is 0. The maximum atomic E-state index is 12.9. The topological polar surface area (TPSA) is 78.9 Å². The Kier molecular flexibility index (Phi) is 62.9. The highest BCUT2D eigenvalue weighted by Gasteiger charge is 2.19. The molecular formula is C75H118O6. The van der Waals surface area contributed by atoms with E-state index in [1.54, 1.807) is 0 Å². The van der Waals surface area contributed by atoms with Crippen molar-refractivity contribution in [3.05, 3.63) is 170 Å². The summed E-state index contributed by atoms with van der Waals surface area (Å²) in [5.41, 5.74) is 0. The molecule has 1 atom stereocenters. The number of hydrogen-bond acceptors (Lipinski definition) is 6. The van der Waals surface area contributed by atoms with Gasteiger partial charge in [-0.1, -0.05) is 262 Å². The van der Waals surface area contributed by atoms with Gasteiger partial charge in [0.15, 0.2) is 6.10 Å². The zero-order valence-electron chi connectivity index (χ0n) is 52.0. The van der Waals surface area contributed by atoms with E-state index in [1.165, 1.54) is 64.2 Å². The summed E-state index contributed by atoms with van der Waals surface area (Å²) < 4.78 is 16.9. The summed E-state index contributed by atoms with van der Waals surface area (Å²) in [4.78, 5) is 38.4. The Morgan fingerprint density at radius 3 is 0.778 bits per heavy atom. The number of unbranched alkanes of at least 4 members (excludes halogenated alkanes) is 18. The fourth-order valence-electron chi connectivity index (χ4n) is 8.36. The first-order valence-electron chi connectivity index (χ1n) is 32.6. The van der Waals surface area contributed by atoms with Crippen molar-refractivity contribution in [3.8, 4) is 0 Å². The Morgan fingerprint density at radius 1 is 0.259 bits per heavy atom. The Bertz CT molecular complexity index is 1860. The van der Waals surface area contributed by atoms with Crippen LogP contribution in [0.15, 0.2) is 170 Å². The van der Waals surface area contributed by atoms with Gasteiger partial charge in [0.2, 0.25) is 0 Å². The van der Waals surface area contributed by atoms with Crippen molar-refractivity contribution in [2.75, 3.05) is 13.2 Å². The van der Waals surface area contributed by atoms with Crippen LogP contribution in [0, 0.1) is 0 Å². The summed E-state index contributed by atoms with van der Waals surface area (Å²) in [6, 6.07) is 0. The van der Waals surface area contributed by atoms with Crippen molar-refractivity contribution in [1.82, 2.24) is 0 Å². The average Bonchev–Trinajstić information content (AvgIpc) is 3.47. The van der Waals surface area contributed by atoms with Gasteiger partial charge in [0.05, 0.1) is 0 Å². The van der Waals surface area contributed by atoms with Gasteiger partial charge in [-0.05, 0) is 154 Å². The highest BCUT2D eigenvalue weighted by molar-refractivity contribution is 5.71. The fraction of sp³-hybridized carbons (Fsp3) is 0.587. The third-order valence-electron chi connectivity index (χ3n) is 13.2. The standard InChI is InChI=1S/C75H118O6/c1-4-7-10-13-16-19-22-25-28-31-34-36-37-39-41-44-47-50-53-56-59-62-65-68-74(77)80-71-72(70-79-73(76)67-64-61-58-55-52-49-46-43-40-33-30-27-24-21-18-15-12-9-6-3)81-75(78)69-66-63-60-57-54-51-48-45-42-38-35-32-29-26-23-20-17-14-11-8-5-2/h7-8,10-11,16-21,25-30,34-36,38-41,43,45,48,54,57,72H,4-6,9,12-15,22-24,31-33,37,42,44,46-47,49-53,55-56,58-71H2,1-3H3/b10-7-,11-8-,19-16-,20-17-,21-18-,28-25-,29-26-,30-27-,36-34-,38-35-,41-39-,43-40-,48-45-,57-54-. The van der Waals surface area contributed by atoms with Crippen LogP contribution < -0.4 is 0 Å². The molecule has 6 nitrogen and oxygen atoms in total. The molecule has 81 heavy (non-hydrogen) atoms. The average molecular weight is 1120 g/mol. The number of allylic oxidation sites excluding steroid dienone is 28. The normalized spacial score (nSPS) is 13.3. The quantitative estimate of drug-likeness (QED) is 0.0261. The predicted octanol–water partition coefficient (Wildman–Crippen LogP) is 22.7. The molecule has 0 aromatic carbocycles. The minimum absolute atomic E-state index is 0.114. The van der Waals surface area contributed by atoms with E-state index in [0.29, 0.717) is 19.3 Å². The lowest BCUT2D eigenvalue weighted by atomic mass is 10.1. The van der Waals surface area contributed by atoms with Gasteiger partial charge in [-0.25, -0.2) is 0 Å². The molecular weight excluding hydrogens is 997 g/mol. The monoisotopic (exact) mass is 1110 g/mol. The SMILES string of the molecule is CC/C=C\C/C=C\C/C=C\C/C=C\C/C=C\C/C=C\CCCCC(=O)OC(COC(=O)CCCCCCCC/C=C\C/C=C\C/C=C\CCCCC)COC(=O)CCCCCCCCC/C=C\C/C=C\C/C=C\C/C=C\C/C=C\CC. The molecule has 0 fully saturated rings. The van der Waals surface area contributed by atoms with Crippen molar-refractivity contribution in [1.29, 1.82) is 0 Å². The Morgan fingerprint density at radius 2 is 0.481 bits per heavy atom. The van der Waals surface area contributed by atoms with Gasteiger partial charge >= 0.3 is 17.9 Å². The number of rotatable bonds is 57. The molecule has 0 spiro atoms. The molecule has 0 saturated carbocycles. The highest BCUT2D eigenvalue weighted by Crippen LogP contribution is 2.14. The summed E-state index contributed by atoms with van der Waals surface area (Å²) in [5, 5.41) is 0. The zero-order chi connectivity index (χ0) is 58.5. The Labute approximate surface area is 498 Å². The van der Waals surface area contributed by atoms with Crippen LogP contribution in [0.1, 0.15) is 265 Å². The lowest BCUT2D eigenvalue weighted by Crippen LogP contribution is -2.30. The smallest absolute Gasteiger partial charge is 0.306 e. The molecule has 0 rings (SSSR count). The maximum absolute atomic E-state index is 12.9. The molecule has 0 N–H and O–H groups in total. The summed E-state index contributed by atoms with van der Waals surface area (Å²) >= 11 is 0. The van der Waals surface area contributed by atoms with Crippen LogP contribution in [-0.4, -0.2) is 37.2 Å². The second kappa shape index (κ2) is 67.3. The molecule has 0 aromatic rings. The Balaban J connectivity index is 4.55. The number of hydrogen-bond donors (Lipinski definition) is 0. The third-order valence-corrected chi connectivity index (χ3v) is 13.2. The van der Waals surface area contributed by atoms with Gasteiger partial charge in [0.1, 0.15) is 13.2 Å². The molecule has 0 saturated heterocycles. The minimum Gasteiger partial charge on any atom is -0.462 e. The Hall–Kier alpha value is -5.23. The van der Waals surface area contributed by atoms with Crippen LogP contribution in [0.25, 0.3) is 0 Å². The molecule has 0 bridgehead atoms. The highest BCUT2D eigenvalue weighted by atomic mass is 16.6. The minimum atomic E-state index is -0.823. The first kappa shape index (κ1) is 75.8. The fourth-order valence-corrected chi connectivity index (χ4v) is 8.36. The van der Waals surface area contributed by atoms with E-state index in [0.717, 1.165) is 154 Å². The lowest BCUT2D eigenvalue weighted by molar-refractivity contribution is -0.167. The molecule has 6 heteroatoms. The zero-order valence-corrected chi connectivity index (χ0v) is 52.0. The second-order valence-electron chi connectivity index (χ2n) is 20.9. The van der Waals surface area contributed by atoms with Crippen LogP contribution in [0.5, 0.6) is 0 Å². The summed E-state index contributed by atoms with van der Waals surface area (Å²) in [6.07, 6.45) is 99.2. The van der Waals surface area contributed by atoms with E-state index in [1.807, 2.05) is 0 Å². The first-order chi connectivity index (χ1) is 40.0. The van der Waals surface area contributed by atoms with Gasteiger partial charge in [-0.3, -0.25) is 14.4 Å². The first-order valence-corrected chi connectivity index (χ1v) is 32.6. The van der Waals surface area contributed by atoms with Crippen LogP contribution in [0.4, 0.5) is 0 Å². The lowest BCUT2D eigenvalue weighted by Gasteiger charge is -2.18. The van der Waals surface area contributed by atoms with E-state index < -0.39 is 6.10 Å². The number of carbonyl (C=O) groups excluding carboxylic acids is 3. The van der Waals surface area contributed by atoms with E-state index >= 15 is 0 Å². The third kappa shape index (κ3) is 65.5. The van der Waals surface area contributed by atoms with Crippen LogP contribution >= 0.6 is 0 Å². The van der Waals surface area contributed by atoms with E-state index in [9.17, 15) is 14.4 Å². The van der Waals surface area contributed by atoms with Crippen molar-refractivity contribution < 1.29 is 28.6 Å². The number of esters is 3. The largest absolute Gasteiger partial charge is 0.462 e. The van der Waals surface area contributed by atoms with Gasteiger partial charge in [-0.15, -0.1) is 0 Å². The predicted molar refractivity (Wildman–Crippen MR) is 352 cm³/mol. The maximum Gasteiger partial charge on any atom is 0.306 e. The van der Waals surface area contributed by atoms with E-state index in [2.05, 4.69) is 191 Å². The van der Waals surface area contributed by atoms with Gasteiger partial charge in [0.25, 0.3) is 0 Å². The second-order valence-corrected chi connectivity index (χ2v) is 20.9. The van der Waals surface area contributed by atoms with Gasteiger partial charge in [0, 0.05) is 19.3 Å². The van der Waals surface area contributed by atoms with Crippen molar-refractivity contribution in [2.45, 2.75) is 271 Å². The molecule has 0 aromatic heterocycles. The summed E-state index contributed by atoms with van der Waals surface area (Å²) in [6.45, 7) is 6.33. The van der Waals surface area contributed by atoms with E-state index in [-0.39, 0.29) is 37.5 Å². The van der Waals surface area contributed by atoms with Crippen molar-refractivity contribution >= 4 is 17.9 Å². The summed E-state index contributed by atoms with van der Waals surface area (Å²) in [5.74, 6) is -0.984.